The average Bonchev–Trinajstić information content (AvgIpc) is 2.80. The lowest BCUT2D eigenvalue weighted by Crippen LogP contribution is -2.47. The van der Waals surface area contributed by atoms with E-state index < -0.39 is 17.6 Å². The first-order valence-corrected chi connectivity index (χ1v) is 8.07. The molecule has 0 aliphatic heterocycles. The maximum Gasteiger partial charge on any atom is 0.329 e. The Morgan fingerprint density at radius 2 is 1.92 bits per heavy atom. The summed E-state index contributed by atoms with van der Waals surface area (Å²) in [7, 11) is 0. The number of esters is 1. The van der Waals surface area contributed by atoms with Gasteiger partial charge in [0, 0.05) is 5.56 Å². The molecule has 1 atom stereocenters. The SMILES string of the molecule is Cc1nc2ccc(C(=O)N[C@@H](C(=O)OC(C)(C)C)C(C)C)cc2[nH]1. The quantitative estimate of drug-likeness (QED) is 0.844. The molecule has 130 valence electrons. The molecule has 0 radical (unpaired) electrons. The van der Waals surface area contributed by atoms with Crippen LogP contribution in [0, 0.1) is 12.8 Å². The van der Waals surface area contributed by atoms with E-state index in [0.29, 0.717) is 5.56 Å². The van der Waals surface area contributed by atoms with Gasteiger partial charge in [-0.3, -0.25) is 4.79 Å². The Morgan fingerprint density at radius 1 is 1.25 bits per heavy atom. The number of amides is 1. The minimum Gasteiger partial charge on any atom is -0.458 e. The Kier molecular flexibility index (Phi) is 4.96. The van der Waals surface area contributed by atoms with Crippen LogP contribution in [0.2, 0.25) is 0 Å². The van der Waals surface area contributed by atoms with E-state index in [9.17, 15) is 9.59 Å². The van der Waals surface area contributed by atoms with Crippen LogP contribution in [0.4, 0.5) is 0 Å². The zero-order chi connectivity index (χ0) is 18.1. The second-order valence-corrected chi connectivity index (χ2v) is 7.28. The molecule has 0 unspecified atom stereocenters. The fourth-order valence-electron chi connectivity index (χ4n) is 2.37. The lowest BCUT2D eigenvalue weighted by Gasteiger charge is -2.26. The van der Waals surface area contributed by atoms with E-state index >= 15 is 0 Å². The van der Waals surface area contributed by atoms with Crippen LogP contribution in [0.25, 0.3) is 11.0 Å². The molecule has 0 fully saturated rings. The molecular weight excluding hydrogens is 306 g/mol. The number of carbonyl (C=O) groups excluding carboxylic acids is 2. The molecule has 0 aliphatic carbocycles. The summed E-state index contributed by atoms with van der Waals surface area (Å²) in [6.07, 6.45) is 0. The fourth-order valence-corrected chi connectivity index (χ4v) is 2.37. The van der Waals surface area contributed by atoms with Gasteiger partial charge >= 0.3 is 5.97 Å². The lowest BCUT2D eigenvalue weighted by molar-refractivity contribution is -0.158. The van der Waals surface area contributed by atoms with Crippen LogP contribution in [-0.4, -0.2) is 33.5 Å². The summed E-state index contributed by atoms with van der Waals surface area (Å²) >= 11 is 0. The molecule has 2 rings (SSSR count). The summed E-state index contributed by atoms with van der Waals surface area (Å²) in [6.45, 7) is 11.0. The van der Waals surface area contributed by atoms with Gasteiger partial charge in [-0.2, -0.15) is 0 Å². The van der Waals surface area contributed by atoms with Gasteiger partial charge < -0.3 is 15.0 Å². The van der Waals surface area contributed by atoms with Crippen molar-refractivity contribution in [2.45, 2.75) is 53.2 Å². The van der Waals surface area contributed by atoms with Crippen molar-refractivity contribution >= 4 is 22.9 Å². The monoisotopic (exact) mass is 331 g/mol. The summed E-state index contributed by atoms with van der Waals surface area (Å²) in [5.41, 5.74) is 1.47. The average molecular weight is 331 g/mol. The van der Waals surface area contributed by atoms with Gasteiger partial charge in [-0.25, -0.2) is 9.78 Å². The van der Waals surface area contributed by atoms with E-state index in [0.717, 1.165) is 16.9 Å². The van der Waals surface area contributed by atoms with Gasteiger partial charge in [-0.15, -0.1) is 0 Å². The molecule has 1 aromatic carbocycles. The first-order valence-electron chi connectivity index (χ1n) is 8.07. The van der Waals surface area contributed by atoms with Gasteiger partial charge in [0.25, 0.3) is 5.91 Å². The summed E-state index contributed by atoms with van der Waals surface area (Å²) in [5.74, 6) is -0.0312. The van der Waals surface area contributed by atoms with Crippen LogP contribution < -0.4 is 5.32 Å². The molecule has 0 spiro atoms. The van der Waals surface area contributed by atoms with Gasteiger partial charge in [-0.05, 0) is 51.8 Å². The van der Waals surface area contributed by atoms with Crippen LogP contribution >= 0.6 is 0 Å². The van der Waals surface area contributed by atoms with Crippen LogP contribution in [0.1, 0.15) is 50.8 Å². The molecule has 0 saturated heterocycles. The maximum atomic E-state index is 12.5. The number of imidazole rings is 1. The summed E-state index contributed by atoms with van der Waals surface area (Å²) in [4.78, 5) is 32.3. The van der Waals surface area contributed by atoms with E-state index in [1.807, 2.05) is 20.8 Å². The van der Waals surface area contributed by atoms with E-state index in [1.165, 1.54) is 0 Å². The first-order chi connectivity index (χ1) is 11.1. The van der Waals surface area contributed by atoms with E-state index in [4.69, 9.17) is 4.74 Å². The van der Waals surface area contributed by atoms with E-state index in [1.54, 1.807) is 39.0 Å². The molecule has 6 heteroatoms. The van der Waals surface area contributed by atoms with Crippen molar-refractivity contribution in [1.29, 1.82) is 0 Å². The Labute approximate surface area is 142 Å². The zero-order valence-electron chi connectivity index (χ0n) is 15.1. The molecule has 1 amide bonds. The highest BCUT2D eigenvalue weighted by Gasteiger charge is 2.29. The third-order valence-corrected chi connectivity index (χ3v) is 3.48. The van der Waals surface area contributed by atoms with Gasteiger partial charge in [0.2, 0.25) is 0 Å². The van der Waals surface area contributed by atoms with Gasteiger partial charge in [-0.1, -0.05) is 13.8 Å². The number of fused-ring (bicyclic) bond motifs is 1. The number of rotatable bonds is 4. The molecule has 24 heavy (non-hydrogen) atoms. The smallest absolute Gasteiger partial charge is 0.329 e. The number of ether oxygens (including phenoxy) is 1. The number of H-pyrrole nitrogens is 1. The molecule has 1 heterocycles. The number of aromatic nitrogens is 2. The van der Waals surface area contributed by atoms with Crippen molar-refractivity contribution in [3.05, 3.63) is 29.6 Å². The lowest BCUT2D eigenvalue weighted by atomic mass is 10.0. The van der Waals surface area contributed by atoms with Crippen molar-refractivity contribution in [3.63, 3.8) is 0 Å². The van der Waals surface area contributed by atoms with E-state index in [-0.39, 0.29) is 11.8 Å². The van der Waals surface area contributed by atoms with Crippen molar-refractivity contribution in [1.82, 2.24) is 15.3 Å². The number of hydrogen-bond donors (Lipinski definition) is 2. The van der Waals surface area contributed by atoms with Crippen LogP contribution in [0.3, 0.4) is 0 Å². The molecule has 2 N–H and O–H groups in total. The second-order valence-electron chi connectivity index (χ2n) is 7.28. The predicted octanol–water partition coefficient (Wildman–Crippen LogP) is 2.97. The number of hydrogen-bond acceptors (Lipinski definition) is 4. The number of aryl methyl sites for hydroxylation is 1. The third kappa shape index (κ3) is 4.34. The standard InChI is InChI=1S/C18H25N3O3/c1-10(2)15(17(23)24-18(4,5)6)21-16(22)12-7-8-13-14(9-12)20-11(3)19-13/h7-10,15H,1-6H3,(H,19,20)(H,21,22)/t15-/m1/s1. The van der Waals surface area contributed by atoms with Crippen molar-refractivity contribution in [3.8, 4) is 0 Å². The van der Waals surface area contributed by atoms with Crippen molar-refractivity contribution < 1.29 is 14.3 Å². The molecule has 2 aromatic rings. The van der Waals surface area contributed by atoms with Crippen LogP contribution in [0.5, 0.6) is 0 Å². The maximum absolute atomic E-state index is 12.5. The second kappa shape index (κ2) is 6.63. The summed E-state index contributed by atoms with van der Waals surface area (Å²) < 4.78 is 5.40. The molecule has 0 aliphatic rings. The topological polar surface area (TPSA) is 84.1 Å². The number of nitrogens with zero attached hydrogens (tertiary/aromatic N) is 1. The van der Waals surface area contributed by atoms with Crippen molar-refractivity contribution in [2.24, 2.45) is 5.92 Å². The molecule has 6 nitrogen and oxygen atoms in total. The van der Waals surface area contributed by atoms with Gasteiger partial charge in [0.05, 0.1) is 11.0 Å². The highest BCUT2D eigenvalue weighted by atomic mass is 16.6. The Morgan fingerprint density at radius 3 is 2.50 bits per heavy atom. The van der Waals surface area contributed by atoms with Gasteiger partial charge in [0.15, 0.2) is 0 Å². The number of benzene rings is 1. The van der Waals surface area contributed by atoms with Crippen LogP contribution in [0.15, 0.2) is 18.2 Å². The minimum atomic E-state index is -0.698. The Bertz CT molecular complexity index is 756. The molecule has 0 saturated carbocycles. The minimum absolute atomic E-state index is 0.0815. The number of nitrogens with one attached hydrogen (secondary N) is 2. The summed E-state index contributed by atoms with van der Waals surface area (Å²) in [5, 5.41) is 2.78. The highest BCUT2D eigenvalue weighted by molar-refractivity contribution is 5.99. The third-order valence-electron chi connectivity index (χ3n) is 3.48. The highest BCUT2D eigenvalue weighted by Crippen LogP contribution is 2.16. The number of carbonyl (C=O) groups is 2. The molecular formula is C18H25N3O3. The Balaban J connectivity index is 2.18. The molecule has 1 aromatic heterocycles. The normalized spacial score (nSPS) is 13.1. The summed E-state index contributed by atoms with van der Waals surface area (Å²) in [6, 6.07) is 4.52. The van der Waals surface area contributed by atoms with Crippen molar-refractivity contribution in [2.75, 3.05) is 0 Å². The largest absolute Gasteiger partial charge is 0.458 e. The van der Waals surface area contributed by atoms with Gasteiger partial charge in [0.1, 0.15) is 17.5 Å². The zero-order valence-corrected chi connectivity index (χ0v) is 15.1. The van der Waals surface area contributed by atoms with Crippen LogP contribution in [-0.2, 0) is 9.53 Å². The Hall–Kier alpha value is -2.37. The predicted molar refractivity (Wildman–Crippen MR) is 92.8 cm³/mol. The first kappa shape index (κ1) is 18.0. The number of aromatic amines is 1. The fraction of sp³-hybridized carbons (Fsp3) is 0.500. The molecule has 0 bridgehead atoms. The van der Waals surface area contributed by atoms with E-state index in [2.05, 4.69) is 15.3 Å².